The summed E-state index contributed by atoms with van der Waals surface area (Å²) in [4.78, 5) is 16.8. The van der Waals surface area contributed by atoms with Crippen LogP contribution in [0.1, 0.15) is 23.2 Å². The first-order valence-corrected chi connectivity index (χ1v) is 11.9. The van der Waals surface area contributed by atoms with E-state index in [2.05, 4.69) is 32.3 Å². The number of carbonyl (C=O) groups is 1. The second-order valence-corrected chi connectivity index (χ2v) is 8.62. The number of imidazole rings is 1. The maximum absolute atomic E-state index is 13.2. The Morgan fingerprint density at radius 1 is 1.29 bits per heavy atom. The number of halogens is 1. The molecule has 3 N–H and O–H groups in total. The standard InChI is InChI=1S/C22H27FN6OS/c1-31-10-2-9-24-20-7-8-21-26-14-19(29(21)28-20)15-3-5-16(6-4-15)22(30)27-13-18-11-17(23)12-25-18/h3-8,14,17-18,25H,2,9-13H2,1H3,(H,24,28)(H,27,30)/t17-,18+/m1/s1. The third-order valence-electron chi connectivity index (χ3n) is 5.31. The molecule has 1 amide bonds. The highest BCUT2D eigenvalue weighted by molar-refractivity contribution is 7.98. The van der Waals surface area contributed by atoms with Crippen molar-refractivity contribution in [3.8, 4) is 11.3 Å². The second kappa shape index (κ2) is 10.1. The van der Waals surface area contributed by atoms with E-state index in [1.54, 1.807) is 18.3 Å². The van der Waals surface area contributed by atoms with E-state index in [1.165, 1.54) is 0 Å². The normalized spacial score (nSPS) is 18.4. The first kappa shape index (κ1) is 21.6. The zero-order valence-electron chi connectivity index (χ0n) is 17.5. The van der Waals surface area contributed by atoms with E-state index >= 15 is 0 Å². The number of rotatable bonds is 9. The number of hydrogen-bond acceptors (Lipinski definition) is 6. The molecule has 0 aliphatic carbocycles. The average molecular weight is 443 g/mol. The number of amides is 1. The maximum atomic E-state index is 13.2. The highest BCUT2D eigenvalue weighted by Crippen LogP contribution is 2.21. The number of nitrogens with one attached hydrogen (secondary N) is 3. The van der Waals surface area contributed by atoms with Crippen LogP contribution in [0, 0.1) is 0 Å². The molecule has 3 aromatic rings. The van der Waals surface area contributed by atoms with Crippen molar-refractivity contribution in [2.24, 2.45) is 0 Å². The Bertz CT molecular complexity index is 1020. The van der Waals surface area contributed by atoms with Gasteiger partial charge in [0.15, 0.2) is 5.65 Å². The lowest BCUT2D eigenvalue weighted by atomic mass is 10.1. The summed E-state index contributed by atoms with van der Waals surface area (Å²) in [7, 11) is 0. The lowest BCUT2D eigenvalue weighted by Gasteiger charge is -2.11. The zero-order valence-corrected chi connectivity index (χ0v) is 18.3. The van der Waals surface area contributed by atoms with Crippen LogP contribution in [0.5, 0.6) is 0 Å². The third-order valence-corrected chi connectivity index (χ3v) is 6.01. The van der Waals surface area contributed by atoms with Crippen LogP contribution in [0.25, 0.3) is 16.9 Å². The summed E-state index contributed by atoms with van der Waals surface area (Å²) in [5.41, 5.74) is 3.12. The summed E-state index contributed by atoms with van der Waals surface area (Å²) < 4.78 is 15.0. The van der Waals surface area contributed by atoms with Crippen LogP contribution in [0.15, 0.2) is 42.6 Å². The molecule has 7 nitrogen and oxygen atoms in total. The van der Waals surface area contributed by atoms with E-state index in [0.29, 0.717) is 25.1 Å². The van der Waals surface area contributed by atoms with Crippen molar-refractivity contribution in [2.45, 2.75) is 25.1 Å². The Morgan fingerprint density at radius 3 is 2.87 bits per heavy atom. The van der Waals surface area contributed by atoms with E-state index in [0.717, 1.165) is 41.4 Å². The molecule has 0 bridgehead atoms. The molecule has 1 aliphatic heterocycles. The van der Waals surface area contributed by atoms with Gasteiger partial charge in [-0.3, -0.25) is 4.79 Å². The maximum Gasteiger partial charge on any atom is 0.251 e. The molecule has 0 saturated carbocycles. The molecule has 3 heterocycles. The number of nitrogens with zero attached hydrogens (tertiary/aromatic N) is 3. The van der Waals surface area contributed by atoms with Crippen molar-refractivity contribution < 1.29 is 9.18 Å². The molecule has 1 fully saturated rings. The molecule has 0 radical (unpaired) electrons. The van der Waals surface area contributed by atoms with Gasteiger partial charge in [-0.2, -0.15) is 11.8 Å². The molecule has 0 unspecified atom stereocenters. The first-order valence-electron chi connectivity index (χ1n) is 10.5. The van der Waals surface area contributed by atoms with Crippen LogP contribution in [-0.2, 0) is 0 Å². The quantitative estimate of drug-likeness (QED) is 0.442. The van der Waals surface area contributed by atoms with Gasteiger partial charge in [0.25, 0.3) is 5.91 Å². The highest BCUT2D eigenvalue weighted by atomic mass is 32.2. The van der Waals surface area contributed by atoms with Gasteiger partial charge in [0.2, 0.25) is 0 Å². The number of fused-ring (bicyclic) bond motifs is 1. The monoisotopic (exact) mass is 442 g/mol. The first-order chi connectivity index (χ1) is 15.1. The number of hydrogen-bond donors (Lipinski definition) is 3. The summed E-state index contributed by atoms with van der Waals surface area (Å²) in [6.07, 6.45) is 4.58. The fourth-order valence-corrected chi connectivity index (χ4v) is 4.07. The van der Waals surface area contributed by atoms with E-state index < -0.39 is 6.17 Å². The lowest BCUT2D eigenvalue weighted by molar-refractivity contribution is 0.0950. The number of alkyl halides is 1. The predicted molar refractivity (Wildman–Crippen MR) is 124 cm³/mol. The van der Waals surface area contributed by atoms with Crippen molar-refractivity contribution in [3.05, 3.63) is 48.2 Å². The predicted octanol–water partition coefficient (Wildman–Crippen LogP) is 2.99. The molecule has 1 aliphatic rings. The third kappa shape index (κ3) is 5.34. The molecule has 2 atom stereocenters. The average Bonchev–Trinajstić information content (AvgIpc) is 3.41. The van der Waals surface area contributed by atoms with E-state index in [4.69, 9.17) is 0 Å². The van der Waals surface area contributed by atoms with Gasteiger partial charge in [-0.1, -0.05) is 12.1 Å². The molecule has 9 heteroatoms. The van der Waals surface area contributed by atoms with Gasteiger partial charge in [0.1, 0.15) is 12.0 Å². The molecule has 4 rings (SSSR count). The molecule has 1 aromatic carbocycles. The molecule has 2 aromatic heterocycles. The van der Waals surface area contributed by atoms with Crippen LogP contribution in [0.4, 0.5) is 10.2 Å². The largest absolute Gasteiger partial charge is 0.369 e. The minimum Gasteiger partial charge on any atom is -0.369 e. The van der Waals surface area contributed by atoms with Crippen molar-refractivity contribution in [1.82, 2.24) is 25.2 Å². The van der Waals surface area contributed by atoms with E-state index in [9.17, 15) is 9.18 Å². The Balaban J connectivity index is 1.42. The molecular weight excluding hydrogens is 415 g/mol. The van der Waals surface area contributed by atoms with Crippen LogP contribution >= 0.6 is 11.8 Å². The number of aromatic nitrogens is 3. The summed E-state index contributed by atoms with van der Waals surface area (Å²) in [6.45, 7) is 1.65. The Hall–Kier alpha value is -2.65. The van der Waals surface area contributed by atoms with Gasteiger partial charge in [0.05, 0.1) is 11.9 Å². The Labute approximate surface area is 185 Å². The van der Waals surface area contributed by atoms with Crippen molar-refractivity contribution >= 4 is 29.1 Å². The summed E-state index contributed by atoms with van der Waals surface area (Å²) in [5.74, 6) is 1.75. The fourth-order valence-electron chi connectivity index (χ4n) is 3.63. The molecule has 0 spiro atoms. The topological polar surface area (TPSA) is 83.3 Å². The molecule has 164 valence electrons. The van der Waals surface area contributed by atoms with Crippen LogP contribution in [-0.4, -0.2) is 64.4 Å². The van der Waals surface area contributed by atoms with E-state index in [1.807, 2.05) is 40.5 Å². The molecular formula is C22H27FN6OS. The van der Waals surface area contributed by atoms with Gasteiger partial charge in [-0.15, -0.1) is 5.10 Å². The van der Waals surface area contributed by atoms with Gasteiger partial charge < -0.3 is 16.0 Å². The second-order valence-electron chi connectivity index (χ2n) is 7.63. The highest BCUT2D eigenvalue weighted by Gasteiger charge is 2.23. The lowest BCUT2D eigenvalue weighted by Crippen LogP contribution is -2.37. The SMILES string of the molecule is CSCCCNc1ccc2ncc(-c3ccc(C(=O)NC[C@@H]4C[C@@H](F)CN4)cc3)n2n1. The number of thioether (sulfide) groups is 1. The van der Waals surface area contributed by atoms with Crippen LogP contribution in [0.3, 0.4) is 0 Å². The van der Waals surface area contributed by atoms with Crippen LogP contribution < -0.4 is 16.0 Å². The Morgan fingerprint density at radius 2 is 2.13 bits per heavy atom. The number of carbonyl (C=O) groups excluding carboxylic acids is 1. The van der Waals surface area contributed by atoms with Crippen molar-refractivity contribution in [3.63, 3.8) is 0 Å². The van der Waals surface area contributed by atoms with Gasteiger partial charge in [-0.05, 0) is 49.1 Å². The molecule has 31 heavy (non-hydrogen) atoms. The van der Waals surface area contributed by atoms with Gasteiger partial charge >= 0.3 is 0 Å². The summed E-state index contributed by atoms with van der Waals surface area (Å²) in [6, 6.07) is 11.2. The number of anilines is 1. The zero-order chi connectivity index (χ0) is 21.6. The minimum absolute atomic E-state index is 0.00835. The summed E-state index contributed by atoms with van der Waals surface area (Å²) >= 11 is 1.83. The van der Waals surface area contributed by atoms with Crippen molar-refractivity contribution in [1.29, 1.82) is 0 Å². The van der Waals surface area contributed by atoms with Gasteiger partial charge in [0, 0.05) is 36.8 Å². The van der Waals surface area contributed by atoms with E-state index in [-0.39, 0.29) is 11.9 Å². The molecule has 1 saturated heterocycles. The Kier molecular flexibility index (Phi) is 7.03. The van der Waals surface area contributed by atoms with Crippen LogP contribution in [0.2, 0.25) is 0 Å². The minimum atomic E-state index is -0.827. The fraction of sp³-hybridized carbons (Fsp3) is 0.409. The van der Waals surface area contributed by atoms with Gasteiger partial charge in [-0.25, -0.2) is 13.9 Å². The smallest absolute Gasteiger partial charge is 0.251 e. The van der Waals surface area contributed by atoms with Crippen molar-refractivity contribution in [2.75, 3.05) is 37.0 Å². The summed E-state index contributed by atoms with van der Waals surface area (Å²) in [5, 5.41) is 14.0. The number of benzene rings is 1.